The zero-order chi connectivity index (χ0) is 20.1. The number of nitrogens with one attached hydrogen (secondary N) is 3. The van der Waals surface area contributed by atoms with E-state index < -0.39 is 0 Å². The third kappa shape index (κ3) is 5.69. The molecule has 0 amide bonds. The van der Waals surface area contributed by atoms with E-state index in [0.29, 0.717) is 18.0 Å². The summed E-state index contributed by atoms with van der Waals surface area (Å²) in [5.41, 5.74) is 2.58. The van der Waals surface area contributed by atoms with E-state index in [1.165, 1.54) is 24.1 Å². The number of aryl methyl sites for hydroxylation is 1. The number of rotatable bonds is 6. The van der Waals surface area contributed by atoms with Gasteiger partial charge in [0.2, 0.25) is 5.95 Å². The Kier molecular flexibility index (Phi) is 7.32. The summed E-state index contributed by atoms with van der Waals surface area (Å²) in [6, 6.07) is 0.902. The molecule has 3 N–H and O–H groups in total. The van der Waals surface area contributed by atoms with Gasteiger partial charge < -0.3 is 20.9 Å². The van der Waals surface area contributed by atoms with Crippen LogP contribution in [0.5, 0.6) is 0 Å². The Morgan fingerprint density at radius 2 is 1.75 bits per heavy atom. The number of hydrogen-bond acceptors (Lipinski definition) is 5. The molecule has 2 aliphatic rings. The first-order valence-electron chi connectivity index (χ1n) is 10.8. The van der Waals surface area contributed by atoms with Gasteiger partial charge in [-0.25, -0.2) is 4.98 Å². The zero-order valence-electron chi connectivity index (χ0n) is 17.8. The molecule has 3 rings (SSSR count). The molecule has 28 heavy (non-hydrogen) atoms. The topological polar surface area (TPSA) is 65.1 Å². The normalized spacial score (nSPS) is 21.8. The van der Waals surface area contributed by atoms with Crippen molar-refractivity contribution in [2.45, 2.75) is 77.3 Å². The predicted molar refractivity (Wildman–Crippen MR) is 121 cm³/mol. The highest BCUT2D eigenvalue weighted by atomic mass is 32.1. The maximum absolute atomic E-state index is 5.42. The quantitative estimate of drug-likeness (QED) is 0.629. The van der Waals surface area contributed by atoms with Crippen molar-refractivity contribution in [3.05, 3.63) is 11.3 Å². The molecule has 2 aliphatic carbocycles. The number of aromatic nitrogens is 2. The summed E-state index contributed by atoms with van der Waals surface area (Å²) in [6.45, 7) is 5.31. The monoisotopic (exact) mass is 404 g/mol. The highest BCUT2D eigenvalue weighted by Crippen LogP contribution is 2.29. The van der Waals surface area contributed by atoms with Crippen molar-refractivity contribution < 1.29 is 0 Å². The van der Waals surface area contributed by atoms with Gasteiger partial charge in [-0.1, -0.05) is 13.8 Å². The molecule has 0 saturated heterocycles. The lowest BCUT2D eigenvalue weighted by atomic mass is 9.91. The molecule has 1 heterocycles. The zero-order valence-corrected chi connectivity index (χ0v) is 18.7. The average Bonchev–Trinajstić information content (AvgIpc) is 2.67. The molecule has 6 nitrogen and oxygen atoms in total. The molecule has 0 aromatic carbocycles. The minimum atomic E-state index is 0.437. The molecular weight excluding hydrogens is 368 g/mol. The van der Waals surface area contributed by atoms with Gasteiger partial charge in [-0.3, -0.25) is 0 Å². The molecule has 0 unspecified atom stereocenters. The van der Waals surface area contributed by atoms with Gasteiger partial charge in [0.1, 0.15) is 5.82 Å². The summed E-state index contributed by atoms with van der Waals surface area (Å²) in [7, 11) is 4.15. The van der Waals surface area contributed by atoms with Crippen LogP contribution in [0.15, 0.2) is 0 Å². The minimum Gasteiger partial charge on any atom is -0.362 e. The van der Waals surface area contributed by atoms with Crippen LogP contribution >= 0.6 is 12.2 Å². The molecular formula is C21H36N6S. The summed E-state index contributed by atoms with van der Waals surface area (Å²) in [5, 5.41) is 11.2. The first-order valence-corrected chi connectivity index (χ1v) is 11.2. The van der Waals surface area contributed by atoms with Gasteiger partial charge in [-0.05, 0) is 69.5 Å². The highest BCUT2D eigenvalue weighted by molar-refractivity contribution is 7.80. The Hall–Kier alpha value is -1.63. The number of thiocarbonyl (C=S) groups is 1. The molecule has 156 valence electrons. The van der Waals surface area contributed by atoms with Crippen molar-refractivity contribution in [1.82, 2.24) is 20.6 Å². The van der Waals surface area contributed by atoms with E-state index in [2.05, 4.69) is 48.8 Å². The van der Waals surface area contributed by atoms with Gasteiger partial charge in [-0.15, -0.1) is 0 Å². The number of fused-ring (bicyclic) bond motifs is 1. The Balaban J connectivity index is 1.53. The van der Waals surface area contributed by atoms with Crippen molar-refractivity contribution in [2.24, 2.45) is 5.92 Å². The fourth-order valence-corrected chi connectivity index (χ4v) is 4.36. The number of anilines is 2. The summed E-state index contributed by atoms with van der Waals surface area (Å²) >= 11 is 5.42. The highest BCUT2D eigenvalue weighted by Gasteiger charge is 2.24. The molecule has 7 heteroatoms. The molecule has 0 bridgehead atoms. The second kappa shape index (κ2) is 9.72. The van der Waals surface area contributed by atoms with Gasteiger partial charge in [0.15, 0.2) is 5.11 Å². The molecule has 0 aliphatic heterocycles. The third-order valence-electron chi connectivity index (χ3n) is 5.65. The van der Waals surface area contributed by atoms with E-state index in [1.54, 1.807) is 0 Å². The van der Waals surface area contributed by atoms with E-state index >= 15 is 0 Å². The SMILES string of the molecule is CC(C)CNC(=S)NC1CCC(Nc2nc3c(c(N(C)C)n2)CCCC3)CC1. The van der Waals surface area contributed by atoms with Gasteiger partial charge in [0, 0.05) is 38.3 Å². The second-order valence-corrected chi connectivity index (χ2v) is 9.25. The van der Waals surface area contributed by atoms with Gasteiger partial charge in [0.05, 0.1) is 5.69 Å². The van der Waals surface area contributed by atoms with Crippen LogP contribution in [0, 0.1) is 5.92 Å². The lowest BCUT2D eigenvalue weighted by molar-refractivity contribution is 0.385. The van der Waals surface area contributed by atoms with E-state index in [4.69, 9.17) is 22.2 Å². The van der Waals surface area contributed by atoms with E-state index in [-0.39, 0.29) is 0 Å². The largest absolute Gasteiger partial charge is 0.362 e. The average molecular weight is 405 g/mol. The smallest absolute Gasteiger partial charge is 0.225 e. The summed E-state index contributed by atoms with van der Waals surface area (Å²) < 4.78 is 0. The Morgan fingerprint density at radius 3 is 2.43 bits per heavy atom. The summed E-state index contributed by atoms with van der Waals surface area (Å²) in [6.07, 6.45) is 9.12. The fraction of sp³-hybridized carbons (Fsp3) is 0.762. The van der Waals surface area contributed by atoms with E-state index in [0.717, 1.165) is 61.9 Å². The summed E-state index contributed by atoms with van der Waals surface area (Å²) in [4.78, 5) is 11.8. The van der Waals surface area contributed by atoms with Crippen LogP contribution in [0.1, 0.15) is 63.6 Å². The maximum atomic E-state index is 5.42. The molecule has 1 aromatic heterocycles. The number of hydrogen-bond donors (Lipinski definition) is 3. The first-order chi connectivity index (χ1) is 13.4. The van der Waals surface area contributed by atoms with Gasteiger partial charge >= 0.3 is 0 Å². The number of nitrogens with zero attached hydrogens (tertiary/aromatic N) is 3. The third-order valence-corrected chi connectivity index (χ3v) is 5.91. The van der Waals surface area contributed by atoms with Crippen LogP contribution in [0.3, 0.4) is 0 Å². The van der Waals surface area contributed by atoms with Crippen molar-refractivity contribution in [3.63, 3.8) is 0 Å². The van der Waals surface area contributed by atoms with Crippen molar-refractivity contribution in [3.8, 4) is 0 Å². The Bertz CT molecular complexity index is 667. The van der Waals surface area contributed by atoms with E-state index in [1.807, 2.05) is 0 Å². The predicted octanol–water partition coefficient (Wildman–Crippen LogP) is 3.26. The summed E-state index contributed by atoms with van der Waals surface area (Å²) in [5.74, 6) is 2.49. The van der Waals surface area contributed by atoms with Crippen molar-refractivity contribution >= 4 is 29.1 Å². The molecule has 1 fully saturated rings. The van der Waals surface area contributed by atoms with Crippen LogP contribution in [0.2, 0.25) is 0 Å². The molecule has 1 aromatic rings. The standard InChI is InChI=1S/C21H36N6S/c1-14(2)13-22-21(28)24-16-11-9-15(10-12-16)23-20-25-18-8-6-5-7-17(18)19(26-20)27(3)4/h14-16H,5-13H2,1-4H3,(H2,22,24,28)(H,23,25,26). The van der Waals surface area contributed by atoms with Crippen LogP contribution in [0.25, 0.3) is 0 Å². The van der Waals surface area contributed by atoms with Crippen molar-refractivity contribution in [2.75, 3.05) is 30.9 Å². The van der Waals surface area contributed by atoms with Crippen LogP contribution in [0.4, 0.5) is 11.8 Å². The Labute approximate surface area is 175 Å². The lowest BCUT2D eigenvalue weighted by Crippen LogP contribution is -2.45. The first kappa shape index (κ1) is 21.1. The van der Waals surface area contributed by atoms with Crippen LogP contribution < -0.4 is 20.9 Å². The molecule has 0 radical (unpaired) electrons. The van der Waals surface area contributed by atoms with E-state index in [9.17, 15) is 0 Å². The lowest BCUT2D eigenvalue weighted by Gasteiger charge is -2.31. The minimum absolute atomic E-state index is 0.437. The van der Waals surface area contributed by atoms with Gasteiger partial charge in [-0.2, -0.15) is 4.98 Å². The molecule has 0 spiro atoms. The molecule has 0 atom stereocenters. The second-order valence-electron chi connectivity index (χ2n) is 8.84. The van der Waals surface area contributed by atoms with Crippen LogP contribution in [-0.4, -0.2) is 47.8 Å². The van der Waals surface area contributed by atoms with Gasteiger partial charge in [0.25, 0.3) is 0 Å². The molecule has 1 saturated carbocycles. The Morgan fingerprint density at radius 1 is 1.07 bits per heavy atom. The maximum Gasteiger partial charge on any atom is 0.225 e. The fourth-order valence-electron chi connectivity index (χ4n) is 4.11. The van der Waals surface area contributed by atoms with Crippen LogP contribution in [-0.2, 0) is 12.8 Å². The van der Waals surface area contributed by atoms with Crippen molar-refractivity contribution in [1.29, 1.82) is 0 Å².